The van der Waals surface area contributed by atoms with Gasteiger partial charge >= 0.3 is 12.1 Å². The molecule has 15 nitrogen and oxygen atoms in total. The summed E-state index contributed by atoms with van der Waals surface area (Å²) in [6, 6.07) is 34.5. The molecule has 0 unspecified atom stereocenters. The van der Waals surface area contributed by atoms with Gasteiger partial charge in [-0.2, -0.15) is 0 Å². The van der Waals surface area contributed by atoms with E-state index in [0.29, 0.717) is 50.4 Å². The molecule has 74 heavy (non-hydrogen) atoms. The molecule has 0 fully saturated rings. The molecular weight excluding hydrogens is 956 g/mol. The van der Waals surface area contributed by atoms with Crippen LogP contribution in [0, 0.1) is 0 Å². The normalized spacial score (nSPS) is 10.9. The van der Waals surface area contributed by atoms with Crippen LogP contribution in [-0.2, 0) is 28.7 Å². The van der Waals surface area contributed by atoms with Crippen molar-refractivity contribution in [3.05, 3.63) is 167 Å². The first-order valence-electron chi connectivity index (χ1n) is 24.8. The van der Waals surface area contributed by atoms with E-state index in [2.05, 4.69) is 93.8 Å². The monoisotopic (exact) mass is 1030 g/mol. The van der Waals surface area contributed by atoms with Crippen LogP contribution in [-0.4, -0.2) is 79.0 Å². The zero-order valence-electron chi connectivity index (χ0n) is 43.7. The number of amides is 6. The molecule has 0 saturated carbocycles. The molecule has 6 aromatic rings. The van der Waals surface area contributed by atoms with Crippen LogP contribution in [0.2, 0.25) is 0 Å². The third-order valence-corrected chi connectivity index (χ3v) is 12.3. The van der Waals surface area contributed by atoms with Crippen molar-refractivity contribution >= 4 is 36.3 Å². The van der Waals surface area contributed by atoms with E-state index in [0.717, 1.165) is 75.9 Å². The van der Waals surface area contributed by atoms with E-state index >= 15 is 0 Å². The summed E-state index contributed by atoms with van der Waals surface area (Å²) in [5.41, 5.74) is 8.49. The lowest BCUT2D eigenvalue weighted by atomic mass is 9.80. The van der Waals surface area contributed by atoms with Crippen LogP contribution >= 0.6 is 12.4 Å². The highest BCUT2D eigenvalue weighted by Crippen LogP contribution is 2.38. The zero-order valence-corrected chi connectivity index (χ0v) is 44.5. The summed E-state index contributed by atoms with van der Waals surface area (Å²) in [5, 5.41) is 27.9. The van der Waals surface area contributed by atoms with Gasteiger partial charge in [-0.05, 0) is 132 Å². The van der Waals surface area contributed by atoms with Crippen molar-refractivity contribution < 1.29 is 33.8 Å². The van der Waals surface area contributed by atoms with Gasteiger partial charge in [0, 0.05) is 82.3 Å². The molecule has 0 bridgehead atoms. The van der Waals surface area contributed by atoms with Crippen molar-refractivity contribution in [2.45, 2.75) is 91.1 Å². The smallest absolute Gasteiger partial charge is 0.315 e. The molecule has 0 aliphatic carbocycles. The Balaban J connectivity index is 0.000000317. The molecule has 4 aromatic carbocycles. The molecule has 2 aromatic heterocycles. The first-order chi connectivity index (χ1) is 35.1. The number of benzene rings is 4. The minimum atomic E-state index is -0.205. The van der Waals surface area contributed by atoms with E-state index in [1.165, 1.54) is 0 Å². The number of methoxy groups -OCH3 is 1. The second kappa shape index (κ2) is 29.9. The summed E-state index contributed by atoms with van der Waals surface area (Å²) in [5.74, 6) is 0.714. The van der Waals surface area contributed by atoms with Crippen LogP contribution in [0.5, 0.6) is 11.5 Å². The number of phenolic OH excluding ortho intramolecular Hbond substituents is 1. The van der Waals surface area contributed by atoms with Gasteiger partial charge in [0.15, 0.2) is 6.79 Å². The Hall–Kier alpha value is -7.49. The zero-order chi connectivity index (χ0) is 52.6. The number of hydrogen-bond donors (Lipinski definition) is 7. The standard InChI is InChI=1S/C30H38N4O4.C28H34N4O3.ClH/c1-5-32-29(36)34-19-22-9-6-10-23(17-22)26-13-12-25(18-27(26)38-21-37-4)30(2,3)14-8-16-33-28(35)24-11-7-15-31-20-24;1-4-30-27(35)32-18-20-8-5-9-21(16-20)24-12-11-23(17-25(24)33)28(2,3)13-7-15-31-26(34)22-10-6-14-29-19-22;/h6-7,9-13,15,17-18,20H,5,8,14,16,19,21H2,1-4H3,(H,33,35)(H2,32,34,36);5-6,8-12,14,16-17,19,33H,4,7,13,15,18H2,1-3H3,(H,31,34)(H2,30,32,35);1H. The summed E-state index contributed by atoms with van der Waals surface area (Å²) in [6.45, 7) is 15.7. The highest BCUT2D eigenvalue weighted by molar-refractivity contribution is 5.94. The Morgan fingerprint density at radius 1 is 0.568 bits per heavy atom. The van der Waals surface area contributed by atoms with Gasteiger partial charge in [0.1, 0.15) is 11.5 Å². The molecule has 6 amide bonds. The molecule has 2 heterocycles. The molecule has 394 valence electrons. The second-order valence-electron chi connectivity index (χ2n) is 18.8. The van der Waals surface area contributed by atoms with Crippen molar-refractivity contribution in [3.8, 4) is 33.8 Å². The van der Waals surface area contributed by atoms with Crippen LogP contribution in [0.15, 0.2) is 134 Å². The number of urea groups is 2. The lowest BCUT2D eigenvalue weighted by Gasteiger charge is -2.27. The molecule has 0 radical (unpaired) electrons. The second-order valence-corrected chi connectivity index (χ2v) is 18.8. The largest absolute Gasteiger partial charge is 0.507 e. The number of aromatic hydroxyl groups is 1. The minimum Gasteiger partial charge on any atom is -0.507 e. The first kappa shape index (κ1) is 59.1. The molecule has 0 aliphatic heterocycles. The van der Waals surface area contributed by atoms with Gasteiger partial charge in [-0.3, -0.25) is 19.6 Å². The van der Waals surface area contributed by atoms with E-state index in [9.17, 15) is 24.3 Å². The Labute approximate surface area is 442 Å². The summed E-state index contributed by atoms with van der Waals surface area (Å²) in [6.07, 6.45) is 9.78. The average Bonchev–Trinajstić information content (AvgIpc) is 3.40. The maximum atomic E-state index is 12.3. The number of aromatic nitrogens is 2. The summed E-state index contributed by atoms with van der Waals surface area (Å²) < 4.78 is 11.2. The lowest BCUT2D eigenvalue weighted by Crippen LogP contribution is -2.34. The molecule has 6 rings (SSSR count). The van der Waals surface area contributed by atoms with Crippen LogP contribution < -0.4 is 36.6 Å². The summed E-state index contributed by atoms with van der Waals surface area (Å²) in [7, 11) is 1.60. The number of pyridine rings is 2. The minimum absolute atomic E-state index is 0. The average molecular weight is 1030 g/mol. The first-order valence-corrected chi connectivity index (χ1v) is 24.8. The van der Waals surface area contributed by atoms with Crippen LogP contribution in [0.25, 0.3) is 22.3 Å². The topological polar surface area (TPSA) is 205 Å². The fourth-order valence-corrected chi connectivity index (χ4v) is 8.08. The molecule has 0 aliphatic rings. The molecule has 7 N–H and O–H groups in total. The van der Waals surface area contributed by atoms with Crippen molar-refractivity contribution in [3.63, 3.8) is 0 Å². The maximum Gasteiger partial charge on any atom is 0.315 e. The quantitative estimate of drug-likeness (QED) is 0.0241. The molecule has 16 heteroatoms. The van der Waals surface area contributed by atoms with Gasteiger partial charge in [-0.25, -0.2) is 9.59 Å². The van der Waals surface area contributed by atoms with Gasteiger partial charge in [0.2, 0.25) is 0 Å². The number of ether oxygens (including phenoxy) is 2. The van der Waals surface area contributed by atoms with Gasteiger partial charge < -0.3 is 46.5 Å². The van der Waals surface area contributed by atoms with E-state index in [4.69, 9.17) is 9.47 Å². The van der Waals surface area contributed by atoms with Crippen LogP contribution in [0.3, 0.4) is 0 Å². The van der Waals surface area contributed by atoms with Gasteiger partial charge in [-0.1, -0.05) is 88.4 Å². The number of carbonyl (C=O) groups is 4. The lowest BCUT2D eigenvalue weighted by molar-refractivity contribution is 0.0514. The predicted molar refractivity (Wildman–Crippen MR) is 295 cm³/mol. The number of rotatable bonds is 23. The molecule has 0 saturated heterocycles. The Bertz CT molecular complexity index is 2720. The van der Waals surface area contributed by atoms with Gasteiger partial charge in [0.25, 0.3) is 11.8 Å². The van der Waals surface area contributed by atoms with Gasteiger partial charge in [0.05, 0.1) is 11.1 Å². The fourth-order valence-electron chi connectivity index (χ4n) is 8.08. The fraction of sp³-hybridized carbons (Fsp3) is 0.345. The van der Waals surface area contributed by atoms with Crippen LogP contribution in [0.1, 0.15) is 110 Å². The Morgan fingerprint density at radius 3 is 1.49 bits per heavy atom. The summed E-state index contributed by atoms with van der Waals surface area (Å²) in [4.78, 5) is 55.9. The molecule has 0 atom stereocenters. The number of hydrogen-bond acceptors (Lipinski definition) is 9. The molecular formula is C58H73ClN8O7. The SMILES string of the molecule is CCNC(=O)NCc1cccc(-c2ccc(C(C)(C)CCCNC(=O)c3cccnc3)cc2O)c1.CCNC(=O)NCc1cccc(-c2ccc(C(C)(C)CCCNC(=O)c3cccnc3)cc2OCOC)c1.Cl. The number of nitrogens with zero attached hydrogens (tertiary/aromatic N) is 2. The van der Waals surface area contributed by atoms with Crippen molar-refractivity contribution in [1.29, 1.82) is 0 Å². The Kier molecular flexibility index (Phi) is 23.9. The number of phenols is 1. The number of nitrogens with one attached hydrogen (secondary N) is 6. The summed E-state index contributed by atoms with van der Waals surface area (Å²) >= 11 is 0. The third kappa shape index (κ3) is 18.5. The highest BCUT2D eigenvalue weighted by atomic mass is 35.5. The molecule has 0 spiro atoms. The van der Waals surface area contributed by atoms with Crippen molar-refractivity contribution in [2.75, 3.05) is 40.1 Å². The number of halogens is 1. The number of carbonyl (C=O) groups excluding carboxylic acids is 4. The third-order valence-electron chi connectivity index (χ3n) is 12.3. The van der Waals surface area contributed by atoms with E-state index in [1.54, 1.807) is 56.2 Å². The van der Waals surface area contributed by atoms with Crippen molar-refractivity contribution in [2.24, 2.45) is 0 Å². The van der Waals surface area contributed by atoms with E-state index in [1.807, 2.05) is 74.5 Å². The predicted octanol–water partition coefficient (Wildman–Crippen LogP) is 10.2. The van der Waals surface area contributed by atoms with Crippen molar-refractivity contribution in [1.82, 2.24) is 41.9 Å². The maximum absolute atomic E-state index is 12.3. The van der Waals surface area contributed by atoms with E-state index in [-0.39, 0.29) is 59.7 Å². The highest BCUT2D eigenvalue weighted by Gasteiger charge is 2.24. The van der Waals surface area contributed by atoms with Crippen LogP contribution in [0.4, 0.5) is 9.59 Å². The Morgan fingerprint density at radius 2 is 1.04 bits per heavy atom. The van der Waals surface area contributed by atoms with Gasteiger partial charge in [-0.15, -0.1) is 12.4 Å². The van der Waals surface area contributed by atoms with E-state index < -0.39 is 0 Å².